The molecule has 2 nitrogen and oxygen atoms in total. The molecule has 1 saturated heterocycles. The first-order chi connectivity index (χ1) is 9.24. The average molecular weight is 261 g/mol. The summed E-state index contributed by atoms with van der Waals surface area (Å²) < 4.78 is 5.64. The second-order valence-corrected chi connectivity index (χ2v) is 5.81. The van der Waals surface area contributed by atoms with E-state index in [1.807, 2.05) is 0 Å². The van der Waals surface area contributed by atoms with Crippen molar-refractivity contribution in [2.24, 2.45) is 0 Å². The fraction of sp³-hybridized carbons (Fsp3) is 0.647. The van der Waals surface area contributed by atoms with E-state index in [9.17, 15) is 0 Å². The first-order valence-electron chi connectivity index (χ1n) is 7.64. The van der Waals surface area contributed by atoms with E-state index >= 15 is 0 Å². The largest absolute Gasteiger partial charge is 0.378 e. The van der Waals surface area contributed by atoms with E-state index < -0.39 is 0 Å². The van der Waals surface area contributed by atoms with Gasteiger partial charge in [-0.2, -0.15) is 0 Å². The van der Waals surface area contributed by atoms with Gasteiger partial charge < -0.3 is 10.1 Å². The van der Waals surface area contributed by atoms with Gasteiger partial charge in [0.15, 0.2) is 0 Å². The van der Waals surface area contributed by atoms with Crippen LogP contribution in [0.3, 0.4) is 0 Å². The molecule has 1 aliphatic heterocycles. The minimum Gasteiger partial charge on any atom is -0.378 e. The zero-order valence-electron chi connectivity index (χ0n) is 12.3. The maximum absolute atomic E-state index is 5.64. The van der Waals surface area contributed by atoms with Crippen LogP contribution in [0.5, 0.6) is 0 Å². The first kappa shape index (κ1) is 14.5. The van der Waals surface area contributed by atoms with Gasteiger partial charge in [-0.25, -0.2) is 0 Å². The predicted octanol–water partition coefficient (Wildman–Crippen LogP) is 3.47. The number of nitrogens with one attached hydrogen (secondary N) is 1. The van der Waals surface area contributed by atoms with Gasteiger partial charge in [-0.05, 0) is 58.1 Å². The lowest BCUT2D eigenvalue weighted by Gasteiger charge is -2.16. The average Bonchev–Trinajstić information content (AvgIpc) is 2.90. The van der Waals surface area contributed by atoms with E-state index in [4.69, 9.17) is 4.74 Å². The Hall–Kier alpha value is -0.860. The normalized spacial score (nSPS) is 20.6. The van der Waals surface area contributed by atoms with Crippen molar-refractivity contribution in [2.45, 2.75) is 58.1 Å². The number of hydrogen-bond donors (Lipinski definition) is 1. The van der Waals surface area contributed by atoms with Crippen LogP contribution in [0.4, 0.5) is 0 Å². The van der Waals surface area contributed by atoms with Gasteiger partial charge in [-0.3, -0.25) is 0 Å². The minimum absolute atomic E-state index is 0.511. The molecule has 1 N–H and O–H groups in total. The van der Waals surface area contributed by atoms with Crippen molar-refractivity contribution in [2.75, 3.05) is 13.2 Å². The molecule has 0 spiro atoms. The van der Waals surface area contributed by atoms with Crippen LogP contribution in [0.15, 0.2) is 24.3 Å². The molecule has 19 heavy (non-hydrogen) atoms. The predicted molar refractivity (Wildman–Crippen MR) is 80.6 cm³/mol. The van der Waals surface area contributed by atoms with Crippen LogP contribution < -0.4 is 5.32 Å². The van der Waals surface area contributed by atoms with Crippen molar-refractivity contribution in [1.29, 1.82) is 0 Å². The van der Waals surface area contributed by atoms with Crippen molar-refractivity contribution in [1.82, 2.24) is 5.32 Å². The summed E-state index contributed by atoms with van der Waals surface area (Å²) in [5.41, 5.74) is 2.81. The van der Waals surface area contributed by atoms with Gasteiger partial charge in [-0.15, -0.1) is 0 Å². The highest BCUT2D eigenvalue weighted by molar-refractivity contribution is 5.22. The van der Waals surface area contributed by atoms with Crippen LogP contribution >= 0.6 is 0 Å². The molecule has 1 fully saturated rings. The quantitative estimate of drug-likeness (QED) is 0.811. The van der Waals surface area contributed by atoms with Crippen molar-refractivity contribution < 1.29 is 4.74 Å². The van der Waals surface area contributed by atoms with Crippen molar-refractivity contribution in [3.63, 3.8) is 0 Å². The van der Waals surface area contributed by atoms with Gasteiger partial charge in [0.25, 0.3) is 0 Å². The SMILES string of the molecule is Cc1cccc(CCC(C)NCCC2CCCO2)c1. The highest BCUT2D eigenvalue weighted by atomic mass is 16.5. The molecule has 0 saturated carbocycles. The third-order valence-electron chi connectivity index (χ3n) is 3.93. The summed E-state index contributed by atoms with van der Waals surface area (Å²) in [6.07, 6.45) is 6.53. The monoisotopic (exact) mass is 261 g/mol. The highest BCUT2D eigenvalue weighted by Gasteiger charge is 2.14. The van der Waals surface area contributed by atoms with Crippen LogP contribution in [0.2, 0.25) is 0 Å². The Labute approximate surface area is 117 Å². The summed E-state index contributed by atoms with van der Waals surface area (Å²) in [6.45, 7) is 6.49. The third kappa shape index (κ3) is 5.33. The molecular formula is C17H27NO. The molecule has 2 unspecified atom stereocenters. The maximum Gasteiger partial charge on any atom is 0.0588 e. The Kier molecular flexibility index (Phi) is 5.87. The maximum atomic E-state index is 5.64. The summed E-state index contributed by atoms with van der Waals surface area (Å²) in [7, 11) is 0. The number of rotatable bonds is 7. The van der Waals surface area contributed by atoms with E-state index in [1.54, 1.807) is 0 Å². The van der Waals surface area contributed by atoms with Gasteiger partial charge in [0.1, 0.15) is 0 Å². The molecule has 1 aromatic carbocycles. The van der Waals surface area contributed by atoms with Gasteiger partial charge in [0, 0.05) is 12.6 Å². The molecule has 2 rings (SSSR count). The van der Waals surface area contributed by atoms with Crippen LogP contribution in [-0.4, -0.2) is 25.3 Å². The summed E-state index contributed by atoms with van der Waals surface area (Å²) >= 11 is 0. The molecule has 2 atom stereocenters. The smallest absolute Gasteiger partial charge is 0.0588 e. The Balaban J connectivity index is 1.60. The van der Waals surface area contributed by atoms with Crippen molar-refractivity contribution in [3.05, 3.63) is 35.4 Å². The topological polar surface area (TPSA) is 21.3 Å². The Morgan fingerprint density at radius 2 is 2.32 bits per heavy atom. The molecule has 1 heterocycles. The fourth-order valence-corrected chi connectivity index (χ4v) is 2.72. The summed E-state index contributed by atoms with van der Waals surface area (Å²) in [5, 5.41) is 3.61. The zero-order valence-corrected chi connectivity index (χ0v) is 12.3. The molecule has 1 aromatic rings. The van der Waals surface area contributed by atoms with E-state index in [-0.39, 0.29) is 0 Å². The Morgan fingerprint density at radius 1 is 1.42 bits per heavy atom. The van der Waals surface area contributed by atoms with Gasteiger partial charge in [0.2, 0.25) is 0 Å². The lowest BCUT2D eigenvalue weighted by molar-refractivity contribution is 0.103. The zero-order chi connectivity index (χ0) is 13.5. The van der Waals surface area contributed by atoms with Crippen LogP contribution in [0.25, 0.3) is 0 Å². The molecule has 0 radical (unpaired) electrons. The summed E-state index contributed by atoms with van der Waals surface area (Å²) in [4.78, 5) is 0. The van der Waals surface area contributed by atoms with E-state index in [0.717, 1.165) is 26.0 Å². The van der Waals surface area contributed by atoms with Gasteiger partial charge in [0.05, 0.1) is 6.10 Å². The second kappa shape index (κ2) is 7.66. The number of aryl methyl sites for hydroxylation is 2. The van der Waals surface area contributed by atoms with E-state index in [0.29, 0.717) is 12.1 Å². The van der Waals surface area contributed by atoms with Crippen molar-refractivity contribution in [3.8, 4) is 0 Å². The standard InChI is InChI=1S/C17H27NO/c1-14-5-3-6-16(13-14)9-8-15(2)18-11-10-17-7-4-12-19-17/h3,5-6,13,15,17-18H,4,7-12H2,1-2H3. The lowest BCUT2D eigenvalue weighted by Crippen LogP contribution is -2.29. The van der Waals surface area contributed by atoms with E-state index in [2.05, 4.69) is 43.4 Å². The highest BCUT2D eigenvalue weighted by Crippen LogP contribution is 2.14. The number of hydrogen-bond acceptors (Lipinski definition) is 2. The first-order valence-corrected chi connectivity index (χ1v) is 7.64. The molecule has 0 bridgehead atoms. The van der Waals surface area contributed by atoms with Crippen LogP contribution in [-0.2, 0) is 11.2 Å². The lowest BCUT2D eigenvalue weighted by atomic mass is 10.0. The molecule has 0 amide bonds. The molecule has 0 aliphatic carbocycles. The Morgan fingerprint density at radius 3 is 3.05 bits per heavy atom. The molecule has 1 aliphatic rings. The summed E-state index contributed by atoms with van der Waals surface area (Å²) in [5.74, 6) is 0. The van der Waals surface area contributed by atoms with Crippen LogP contribution in [0, 0.1) is 6.92 Å². The van der Waals surface area contributed by atoms with Crippen LogP contribution in [0.1, 0.15) is 43.7 Å². The molecule has 2 heteroatoms. The number of benzene rings is 1. The van der Waals surface area contributed by atoms with Crippen molar-refractivity contribution >= 4 is 0 Å². The van der Waals surface area contributed by atoms with E-state index in [1.165, 1.54) is 30.4 Å². The fourth-order valence-electron chi connectivity index (χ4n) is 2.72. The molecular weight excluding hydrogens is 234 g/mol. The molecule has 0 aromatic heterocycles. The number of ether oxygens (including phenoxy) is 1. The summed E-state index contributed by atoms with van der Waals surface area (Å²) in [6, 6.07) is 9.42. The second-order valence-electron chi connectivity index (χ2n) is 5.81. The van der Waals surface area contributed by atoms with Gasteiger partial charge in [-0.1, -0.05) is 29.8 Å². The third-order valence-corrected chi connectivity index (χ3v) is 3.93. The van der Waals surface area contributed by atoms with Gasteiger partial charge >= 0.3 is 0 Å². The molecule has 106 valence electrons. The Bertz CT molecular complexity index is 371. The minimum atomic E-state index is 0.511.